The van der Waals surface area contributed by atoms with Crippen molar-refractivity contribution in [2.75, 3.05) is 7.11 Å². The van der Waals surface area contributed by atoms with Gasteiger partial charge in [0.05, 0.1) is 13.0 Å². The van der Waals surface area contributed by atoms with Gasteiger partial charge in [-0.05, 0) is 12.8 Å². The fourth-order valence-electron chi connectivity index (χ4n) is 1.81. The molecule has 90 valence electrons. The molecule has 16 heavy (non-hydrogen) atoms. The minimum Gasteiger partial charge on any atom is -0.481 e. The lowest BCUT2D eigenvalue weighted by Gasteiger charge is -2.29. The predicted molar refractivity (Wildman–Crippen MR) is 53.5 cm³/mol. The average Bonchev–Trinajstić information content (AvgIpc) is 2.25. The summed E-state index contributed by atoms with van der Waals surface area (Å²) in [4.78, 5) is 33.0. The van der Waals surface area contributed by atoms with Crippen LogP contribution in [0.15, 0.2) is 0 Å². The fraction of sp³-hybridized carbons (Fsp3) is 0.700. The van der Waals surface area contributed by atoms with Crippen molar-refractivity contribution >= 4 is 17.8 Å². The number of methoxy groups -OCH3 is 1. The first-order chi connectivity index (χ1) is 7.54. The van der Waals surface area contributed by atoms with Crippen LogP contribution in [0.2, 0.25) is 0 Å². The van der Waals surface area contributed by atoms with E-state index in [9.17, 15) is 14.4 Å². The van der Waals surface area contributed by atoms with E-state index < -0.39 is 23.9 Å². The van der Waals surface area contributed by atoms with Crippen LogP contribution in [-0.4, -0.2) is 36.1 Å². The number of nitrogens with one attached hydrogen (secondary N) is 1. The lowest BCUT2D eigenvalue weighted by molar-refractivity contribution is -0.147. The second kappa shape index (κ2) is 5.48. The van der Waals surface area contributed by atoms with E-state index in [1.54, 1.807) is 0 Å². The van der Waals surface area contributed by atoms with E-state index in [2.05, 4.69) is 10.1 Å². The highest BCUT2D eigenvalue weighted by atomic mass is 16.5. The first-order valence-corrected chi connectivity index (χ1v) is 5.13. The van der Waals surface area contributed by atoms with Gasteiger partial charge in [-0.15, -0.1) is 0 Å². The molecule has 0 unspecified atom stereocenters. The third-order valence-corrected chi connectivity index (χ3v) is 2.72. The van der Waals surface area contributed by atoms with Crippen LogP contribution in [0.25, 0.3) is 0 Å². The molecular weight excluding hydrogens is 214 g/mol. The van der Waals surface area contributed by atoms with Crippen molar-refractivity contribution in [1.82, 2.24) is 5.32 Å². The molecule has 1 aliphatic heterocycles. The Balaban J connectivity index is 2.54. The Bertz CT molecular complexity index is 302. The Morgan fingerprint density at radius 1 is 1.56 bits per heavy atom. The average molecular weight is 229 g/mol. The van der Waals surface area contributed by atoms with Gasteiger partial charge in [0.15, 0.2) is 0 Å². The maximum absolute atomic E-state index is 11.1. The molecule has 6 nitrogen and oxygen atoms in total. The molecule has 6 heteroatoms. The number of ether oxygens (including phenoxy) is 1. The number of carbonyl (C=O) groups is 3. The SMILES string of the molecule is COC(=O)CC[C@H]1NC(=O)CC[C@@H]1C(=O)O. The zero-order valence-electron chi connectivity index (χ0n) is 9.06. The lowest BCUT2D eigenvalue weighted by Crippen LogP contribution is -2.47. The van der Waals surface area contributed by atoms with E-state index in [0.29, 0.717) is 12.8 Å². The lowest BCUT2D eigenvalue weighted by atomic mass is 9.88. The summed E-state index contributed by atoms with van der Waals surface area (Å²) in [6.45, 7) is 0. The molecule has 0 spiro atoms. The van der Waals surface area contributed by atoms with Gasteiger partial charge in [-0.25, -0.2) is 0 Å². The van der Waals surface area contributed by atoms with Gasteiger partial charge in [-0.3, -0.25) is 14.4 Å². The highest BCUT2D eigenvalue weighted by Crippen LogP contribution is 2.21. The van der Waals surface area contributed by atoms with Gasteiger partial charge >= 0.3 is 11.9 Å². The van der Waals surface area contributed by atoms with Gasteiger partial charge in [0.2, 0.25) is 5.91 Å². The van der Waals surface area contributed by atoms with Crippen molar-refractivity contribution in [3.05, 3.63) is 0 Å². The Morgan fingerprint density at radius 2 is 2.25 bits per heavy atom. The zero-order valence-corrected chi connectivity index (χ0v) is 9.06. The van der Waals surface area contributed by atoms with Gasteiger partial charge in [-0.2, -0.15) is 0 Å². The van der Waals surface area contributed by atoms with Crippen molar-refractivity contribution in [1.29, 1.82) is 0 Å². The second-order valence-electron chi connectivity index (χ2n) is 3.77. The fourth-order valence-corrected chi connectivity index (χ4v) is 1.81. The van der Waals surface area contributed by atoms with E-state index in [-0.39, 0.29) is 18.7 Å². The number of esters is 1. The van der Waals surface area contributed by atoms with Crippen LogP contribution in [0.4, 0.5) is 0 Å². The Hall–Kier alpha value is -1.59. The molecule has 0 aromatic rings. The van der Waals surface area contributed by atoms with E-state index in [4.69, 9.17) is 5.11 Å². The number of piperidine rings is 1. The molecule has 0 aromatic heterocycles. The number of carboxylic acids is 1. The first-order valence-electron chi connectivity index (χ1n) is 5.13. The smallest absolute Gasteiger partial charge is 0.308 e. The zero-order chi connectivity index (χ0) is 12.1. The van der Waals surface area contributed by atoms with Crippen LogP contribution < -0.4 is 5.32 Å². The summed E-state index contributed by atoms with van der Waals surface area (Å²) in [5, 5.41) is 11.5. The van der Waals surface area contributed by atoms with Crippen LogP contribution in [0.5, 0.6) is 0 Å². The Kier molecular flexibility index (Phi) is 4.28. The van der Waals surface area contributed by atoms with E-state index in [1.807, 2.05) is 0 Å². The Morgan fingerprint density at radius 3 is 2.81 bits per heavy atom. The number of rotatable bonds is 4. The second-order valence-corrected chi connectivity index (χ2v) is 3.77. The van der Waals surface area contributed by atoms with Gasteiger partial charge in [0.1, 0.15) is 0 Å². The molecule has 2 N–H and O–H groups in total. The van der Waals surface area contributed by atoms with Crippen LogP contribution in [0, 0.1) is 5.92 Å². The molecule has 1 fully saturated rings. The molecule has 0 aliphatic carbocycles. The third-order valence-electron chi connectivity index (χ3n) is 2.72. The van der Waals surface area contributed by atoms with Crippen molar-refractivity contribution in [2.24, 2.45) is 5.92 Å². The maximum Gasteiger partial charge on any atom is 0.308 e. The maximum atomic E-state index is 11.1. The van der Waals surface area contributed by atoms with Crippen LogP contribution in [0.1, 0.15) is 25.7 Å². The third kappa shape index (κ3) is 3.22. The molecule has 0 saturated carbocycles. The molecule has 1 rings (SSSR count). The summed E-state index contributed by atoms with van der Waals surface area (Å²) in [5.41, 5.74) is 0. The topological polar surface area (TPSA) is 92.7 Å². The minimum atomic E-state index is -0.935. The van der Waals surface area contributed by atoms with Gasteiger partial charge in [0.25, 0.3) is 0 Å². The summed E-state index contributed by atoms with van der Waals surface area (Å²) in [7, 11) is 1.27. The van der Waals surface area contributed by atoms with Crippen molar-refractivity contribution in [2.45, 2.75) is 31.7 Å². The summed E-state index contributed by atoms with van der Waals surface area (Å²) >= 11 is 0. The minimum absolute atomic E-state index is 0.116. The van der Waals surface area contributed by atoms with Gasteiger partial charge in [0, 0.05) is 18.9 Å². The van der Waals surface area contributed by atoms with Gasteiger partial charge in [-0.1, -0.05) is 0 Å². The number of amides is 1. The predicted octanol–water partition coefficient (Wildman–Crippen LogP) is -0.0810. The van der Waals surface area contributed by atoms with Crippen molar-refractivity contribution < 1.29 is 24.2 Å². The molecule has 1 aliphatic rings. The molecule has 0 radical (unpaired) electrons. The number of hydrogen-bond donors (Lipinski definition) is 2. The van der Waals surface area contributed by atoms with E-state index >= 15 is 0 Å². The molecular formula is C10H15NO5. The van der Waals surface area contributed by atoms with Crippen LogP contribution >= 0.6 is 0 Å². The monoisotopic (exact) mass is 229 g/mol. The summed E-state index contributed by atoms with van der Waals surface area (Å²) in [6.07, 6.45) is 0.972. The molecule has 0 aromatic carbocycles. The standard InChI is InChI=1S/C10H15NO5/c1-16-9(13)5-3-7-6(10(14)15)2-4-8(12)11-7/h6-7H,2-5H2,1H3,(H,11,12)(H,14,15)/t6-,7+/m0/s1. The molecule has 1 amide bonds. The number of aliphatic carboxylic acids is 1. The number of carbonyl (C=O) groups excluding carboxylic acids is 2. The molecule has 1 heterocycles. The number of carboxylic acid groups (broad SMARTS) is 1. The normalized spacial score (nSPS) is 24.7. The summed E-state index contributed by atoms with van der Waals surface area (Å²) < 4.78 is 4.46. The molecule has 1 saturated heterocycles. The molecule has 2 atom stereocenters. The first kappa shape index (κ1) is 12.5. The summed E-state index contributed by atoms with van der Waals surface area (Å²) in [5.74, 6) is -2.10. The van der Waals surface area contributed by atoms with E-state index in [1.165, 1.54) is 7.11 Å². The quantitative estimate of drug-likeness (QED) is 0.658. The van der Waals surface area contributed by atoms with Crippen molar-refractivity contribution in [3.63, 3.8) is 0 Å². The summed E-state index contributed by atoms with van der Waals surface area (Å²) in [6, 6.07) is -0.474. The van der Waals surface area contributed by atoms with Crippen LogP contribution in [-0.2, 0) is 19.1 Å². The Labute approximate surface area is 93.0 Å². The van der Waals surface area contributed by atoms with E-state index in [0.717, 1.165) is 0 Å². The molecule has 0 bridgehead atoms. The highest BCUT2D eigenvalue weighted by molar-refractivity contribution is 5.81. The van der Waals surface area contributed by atoms with Crippen LogP contribution in [0.3, 0.4) is 0 Å². The van der Waals surface area contributed by atoms with Gasteiger partial charge < -0.3 is 15.2 Å². The largest absolute Gasteiger partial charge is 0.481 e. The highest BCUT2D eigenvalue weighted by Gasteiger charge is 2.33. The van der Waals surface area contributed by atoms with Crippen molar-refractivity contribution in [3.8, 4) is 0 Å². The number of hydrogen-bond acceptors (Lipinski definition) is 4.